The molecule has 0 radical (unpaired) electrons. The maximum absolute atomic E-state index is 11.5. The van der Waals surface area contributed by atoms with Crippen molar-refractivity contribution in [3.05, 3.63) is 17.8 Å². The van der Waals surface area contributed by atoms with Crippen LogP contribution in [0.5, 0.6) is 0 Å². The Balaban J connectivity index is 2.70. The molecule has 128 valence electrons. The van der Waals surface area contributed by atoms with E-state index in [0.717, 1.165) is 0 Å². The highest BCUT2D eigenvalue weighted by atomic mass is 16.6. The Hall–Kier alpha value is -2.58. The molecule has 9 heteroatoms. The Morgan fingerprint density at radius 2 is 2.13 bits per heavy atom. The summed E-state index contributed by atoms with van der Waals surface area (Å²) in [5, 5.41) is 11.3. The number of nitrogens with one attached hydrogen (secondary N) is 1. The predicted octanol–water partition coefficient (Wildman–Crippen LogP) is 1.57. The van der Waals surface area contributed by atoms with Gasteiger partial charge < -0.3 is 24.3 Å². The minimum atomic E-state index is -1.09. The van der Waals surface area contributed by atoms with E-state index in [4.69, 9.17) is 19.0 Å². The number of carbonyl (C=O) groups is 2. The number of nitrogens with zero attached hydrogens (tertiary/aromatic N) is 2. The van der Waals surface area contributed by atoms with Crippen LogP contribution in [0.2, 0.25) is 0 Å². The van der Waals surface area contributed by atoms with Gasteiger partial charge in [-0.25, -0.2) is 19.6 Å². The van der Waals surface area contributed by atoms with Crippen molar-refractivity contribution >= 4 is 18.0 Å². The van der Waals surface area contributed by atoms with Crippen molar-refractivity contribution in [3.8, 4) is 0 Å². The third-order valence-corrected chi connectivity index (χ3v) is 2.42. The van der Waals surface area contributed by atoms with E-state index < -0.39 is 23.7 Å². The molecule has 1 aromatic rings. The highest BCUT2D eigenvalue weighted by Gasteiger charge is 2.18. The maximum Gasteiger partial charge on any atom is 0.408 e. The zero-order valence-electron chi connectivity index (χ0n) is 13.7. The molecule has 0 aromatic carbocycles. The Morgan fingerprint density at radius 3 is 2.65 bits per heavy atom. The molecule has 0 saturated heterocycles. The van der Waals surface area contributed by atoms with E-state index in [1.807, 2.05) is 0 Å². The predicted molar refractivity (Wildman–Crippen MR) is 80.2 cm³/mol. The minimum absolute atomic E-state index is 0.0143. The number of carboxylic acid groups (broad SMARTS) is 1. The quantitative estimate of drug-likeness (QED) is 0.621. The zero-order valence-corrected chi connectivity index (χ0v) is 13.7. The van der Waals surface area contributed by atoms with Gasteiger partial charge in [0, 0.05) is 0 Å². The van der Waals surface area contributed by atoms with Gasteiger partial charge in [0.1, 0.15) is 17.9 Å². The number of hydrogen-bond acceptors (Lipinski definition) is 7. The molecule has 1 aromatic heterocycles. The Bertz CT molecular complexity index is 588. The van der Waals surface area contributed by atoms with Crippen molar-refractivity contribution in [2.75, 3.05) is 7.11 Å². The lowest BCUT2D eigenvalue weighted by molar-refractivity contribution is -0.138. The highest BCUT2D eigenvalue weighted by Crippen LogP contribution is 2.08. The van der Waals surface area contributed by atoms with Crippen molar-refractivity contribution in [3.63, 3.8) is 0 Å². The second kappa shape index (κ2) is 7.61. The molecule has 23 heavy (non-hydrogen) atoms. The van der Waals surface area contributed by atoms with Gasteiger partial charge in [0.25, 0.3) is 0 Å². The first-order valence-electron chi connectivity index (χ1n) is 6.88. The van der Waals surface area contributed by atoms with Gasteiger partial charge in [0.15, 0.2) is 5.69 Å². The van der Waals surface area contributed by atoms with Gasteiger partial charge in [-0.3, -0.25) is 0 Å². The van der Waals surface area contributed by atoms with Crippen LogP contribution < -0.4 is 5.32 Å². The molecule has 9 nitrogen and oxygen atoms in total. The Kier molecular flexibility index (Phi) is 6.11. The summed E-state index contributed by atoms with van der Waals surface area (Å²) >= 11 is 0. The number of carbonyl (C=O) groups excluding carboxylic acids is 1. The molecule has 0 aliphatic heterocycles. The van der Waals surface area contributed by atoms with Crippen molar-refractivity contribution < 1.29 is 28.6 Å². The number of alkyl carbamates (subject to hydrolysis) is 1. The zero-order chi connectivity index (χ0) is 17.6. The lowest BCUT2D eigenvalue weighted by atomic mass is 10.2. The summed E-state index contributed by atoms with van der Waals surface area (Å²) in [7, 11) is 1.35. The van der Waals surface area contributed by atoms with E-state index >= 15 is 0 Å². The number of rotatable bonds is 5. The summed E-state index contributed by atoms with van der Waals surface area (Å²) in [5.74, 6) is -0.847. The molecule has 1 heterocycles. The number of aromatic nitrogens is 1. The molecular formula is C14H21N3O6. The summed E-state index contributed by atoms with van der Waals surface area (Å²) in [4.78, 5) is 30.3. The Morgan fingerprint density at radius 1 is 1.48 bits per heavy atom. The molecule has 0 saturated carbocycles. The van der Waals surface area contributed by atoms with E-state index in [2.05, 4.69) is 15.3 Å². The van der Waals surface area contributed by atoms with E-state index in [1.165, 1.54) is 20.3 Å². The van der Waals surface area contributed by atoms with Gasteiger partial charge in [-0.1, -0.05) is 0 Å². The van der Waals surface area contributed by atoms with Crippen LogP contribution >= 0.6 is 0 Å². The van der Waals surface area contributed by atoms with Crippen molar-refractivity contribution in [2.45, 2.75) is 45.9 Å². The van der Waals surface area contributed by atoms with Crippen molar-refractivity contribution in [1.82, 2.24) is 10.3 Å². The highest BCUT2D eigenvalue weighted by molar-refractivity contribution is 5.93. The van der Waals surface area contributed by atoms with Gasteiger partial charge in [0.2, 0.25) is 11.8 Å². The number of aliphatic carboxylic acids is 1. The molecule has 1 rings (SSSR count). The minimum Gasteiger partial charge on any atom is -0.480 e. The molecule has 0 aliphatic carbocycles. The van der Waals surface area contributed by atoms with Crippen LogP contribution in [-0.4, -0.2) is 46.8 Å². The third kappa shape index (κ3) is 6.37. The van der Waals surface area contributed by atoms with Crippen LogP contribution in [0.15, 0.2) is 15.7 Å². The van der Waals surface area contributed by atoms with Crippen LogP contribution in [0.1, 0.15) is 39.3 Å². The maximum atomic E-state index is 11.5. The number of methoxy groups -OCH3 is 1. The van der Waals surface area contributed by atoms with E-state index in [9.17, 15) is 9.59 Å². The monoisotopic (exact) mass is 327 g/mol. The molecule has 0 fully saturated rings. The average Bonchev–Trinajstić information content (AvgIpc) is 2.89. The van der Waals surface area contributed by atoms with E-state index in [0.29, 0.717) is 0 Å². The molecule has 0 unspecified atom stereocenters. The first kappa shape index (κ1) is 18.5. The summed E-state index contributed by atoms with van der Waals surface area (Å²) < 4.78 is 15.3. The van der Waals surface area contributed by atoms with Crippen LogP contribution in [0.4, 0.5) is 4.79 Å². The smallest absolute Gasteiger partial charge is 0.408 e. The Labute approximate surface area is 133 Å². The van der Waals surface area contributed by atoms with E-state index in [-0.39, 0.29) is 24.0 Å². The topological polar surface area (TPSA) is 123 Å². The van der Waals surface area contributed by atoms with Gasteiger partial charge >= 0.3 is 12.1 Å². The number of ether oxygens (including phenoxy) is 2. The summed E-state index contributed by atoms with van der Waals surface area (Å²) in [6, 6.07) is -0.981. The standard InChI is InChI=1S/C14H21N3O6/c1-8(12(18)19)16-11(21-5)9-7-22-10(17-9)6-15-13(20)23-14(2,3)4/h7-8H,6H2,1-5H3,(H,15,20)(H,18,19)/t8-/m1/s1. The van der Waals surface area contributed by atoms with Crippen LogP contribution in [-0.2, 0) is 20.8 Å². The van der Waals surface area contributed by atoms with Gasteiger partial charge in [-0.05, 0) is 27.7 Å². The van der Waals surface area contributed by atoms with Gasteiger partial charge in [-0.15, -0.1) is 0 Å². The summed E-state index contributed by atoms with van der Waals surface area (Å²) in [6.45, 7) is 6.68. The number of aliphatic imine (C=N–C) groups is 1. The molecule has 0 spiro atoms. The fourth-order valence-corrected chi connectivity index (χ4v) is 1.41. The van der Waals surface area contributed by atoms with Crippen molar-refractivity contribution in [2.24, 2.45) is 4.99 Å². The fraction of sp³-hybridized carbons (Fsp3) is 0.571. The lowest BCUT2D eigenvalue weighted by Crippen LogP contribution is -2.32. The molecule has 0 bridgehead atoms. The van der Waals surface area contributed by atoms with Gasteiger partial charge in [0.05, 0.1) is 13.7 Å². The van der Waals surface area contributed by atoms with Crippen molar-refractivity contribution in [1.29, 1.82) is 0 Å². The second-order valence-electron chi connectivity index (χ2n) is 5.63. The van der Waals surface area contributed by atoms with Crippen LogP contribution in [0.3, 0.4) is 0 Å². The third-order valence-electron chi connectivity index (χ3n) is 2.42. The second-order valence-corrected chi connectivity index (χ2v) is 5.63. The summed E-state index contributed by atoms with van der Waals surface area (Å²) in [5.41, 5.74) is -0.365. The largest absolute Gasteiger partial charge is 0.480 e. The first-order valence-corrected chi connectivity index (χ1v) is 6.88. The molecular weight excluding hydrogens is 306 g/mol. The SMILES string of the molecule is COC(=N[C@H](C)C(=O)O)c1coc(CNC(=O)OC(C)(C)C)n1. The van der Waals surface area contributed by atoms with Crippen LogP contribution in [0, 0.1) is 0 Å². The molecule has 1 atom stereocenters. The van der Waals surface area contributed by atoms with E-state index in [1.54, 1.807) is 20.8 Å². The normalized spacial score (nSPS) is 13.3. The number of carboxylic acids is 1. The van der Waals surface area contributed by atoms with Crippen LogP contribution in [0.25, 0.3) is 0 Å². The van der Waals surface area contributed by atoms with Gasteiger partial charge in [-0.2, -0.15) is 0 Å². The molecule has 0 aliphatic rings. The average molecular weight is 327 g/mol. The number of hydrogen-bond donors (Lipinski definition) is 2. The lowest BCUT2D eigenvalue weighted by Gasteiger charge is -2.19. The number of amides is 1. The molecule has 2 N–H and O–H groups in total. The fourth-order valence-electron chi connectivity index (χ4n) is 1.41. The summed E-state index contributed by atoms with van der Waals surface area (Å²) in [6.07, 6.45) is 0.667. The molecule has 1 amide bonds. The number of oxazole rings is 1. The first-order chi connectivity index (χ1) is 10.6.